The smallest absolute Gasteiger partial charge is 0.0871 e. The van der Waals surface area contributed by atoms with Crippen LogP contribution in [0.3, 0.4) is 0 Å². The van der Waals surface area contributed by atoms with Crippen LogP contribution in [0, 0.1) is 11.8 Å². The molecule has 0 radical (unpaired) electrons. The van der Waals surface area contributed by atoms with Crippen molar-refractivity contribution in [2.75, 3.05) is 6.54 Å². The summed E-state index contributed by atoms with van der Waals surface area (Å²) in [6.07, 6.45) is 7.57. The SMILES string of the molecule is NCCc1nnn(CC2CC2)c1CC1CC1. The number of hydrogen-bond acceptors (Lipinski definition) is 3. The van der Waals surface area contributed by atoms with Crippen LogP contribution in [0.5, 0.6) is 0 Å². The zero-order valence-corrected chi connectivity index (χ0v) is 9.73. The van der Waals surface area contributed by atoms with Gasteiger partial charge in [-0.1, -0.05) is 5.21 Å². The Morgan fingerprint density at radius 2 is 1.94 bits per heavy atom. The first kappa shape index (κ1) is 10.3. The van der Waals surface area contributed by atoms with Crippen LogP contribution in [-0.2, 0) is 19.4 Å². The Morgan fingerprint density at radius 3 is 2.56 bits per heavy atom. The molecule has 2 saturated carbocycles. The van der Waals surface area contributed by atoms with Crippen molar-refractivity contribution in [2.45, 2.75) is 45.1 Å². The van der Waals surface area contributed by atoms with E-state index < -0.39 is 0 Å². The lowest BCUT2D eigenvalue weighted by Crippen LogP contribution is -2.10. The zero-order chi connectivity index (χ0) is 11.0. The number of hydrogen-bond donors (Lipinski definition) is 1. The van der Waals surface area contributed by atoms with Crippen molar-refractivity contribution in [2.24, 2.45) is 17.6 Å². The molecular weight excluding hydrogens is 200 g/mol. The molecule has 1 heterocycles. The summed E-state index contributed by atoms with van der Waals surface area (Å²) in [6.45, 7) is 1.76. The van der Waals surface area contributed by atoms with Crippen molar-refractivity contribution in [1.29, 1.82) is 0 Å². The quantitative estimate of drug-likeness (QED) is 0.782. The molecule has 0 aromatic carbocycles. The molecule has 3 rings (SSSR count). The van der Waals surface area contributed by atoms with Gasteiger partial charge in [-0.3, -0.25) is 0 Å². The Labute approximate surface area is 96.2 Å². The average Bonchev–Trinajstić information content (AvgIpc) is 3.14. The average molecular weight is 220 g/mol. The predicted octanol–water partition coefficient (Wildman–Crippen LogP) is 1.14. The van der Waals surface area contributed by atoms with E-state index in [4.69, 9.17) is 5.73 Å². The molecule has 1 aromatic rings. The van der Waals surface area contributed by atoms with Gasteiger partial charge in [0.2, 0.25) is 0 Å². The highest BCUT2D eigenvalue weighted by molar-refractivity contribution is 5.13. The molecule has 2 fully saturated rings. The lowest BCUT2D eigenvalue weighted by Gasteiger charge is -2.06. The van der Waals surface area contributed by atoms with E-state index in [9.17, 15) is 0 Å². The minimum Gasteiger partial charge on any atom is -0.330 e. The highest BCUT2D eigenvalue weighted by Crippen LogP contribution is 2.35. The van der Waals surface area contributed by atoms with Crippen LogP contribution in [-0.4, -0.2) is 21.5 Å². The molecule has 0 unspecified atom stereocenters. The van der Waals surface area contributed by atoms with Crippen molar-refractivity contribution < 1.29 is 0 Å². The number of nitrogens with two attached hydrogens (primary N) is 1. The minimum absolute atomic E-state index is 0.680. The van der Waals surface area contributed by atoms with Crippen LogP contribution in [0.4, 0.5) is 0 Å². The van der Waals surface area contributed by atoms with Gasteiger partial charge >= 0.3 is 0 Å². The first-order valence-corrected chi connectivity index (χ1v) is 6.48. The third-order valence-electron chi connectivity index (χ3n) is 3.61. The summed E-state index contributed by atoms with van der Waals surface area (Å²) in [5, 5.41) is 8.61. The van der Waals surface area contributed by atoms with Crippen molar-refractivity contribution in [1.82, 2.24) is 15.0 Å². The standard InChI is InChI=1S/C12H20N4/c13-6-5-11-12(7-9-1-2-9)16(15-14-11)8-10-3-4-10/h9-10H,1-8,13H2. The Morgan fingerprint density at radius 1 is 1.19 bits per heavy atom. The van der Waals surface area contributed by atoms with Gasteiger partial charge < -0.3 is 5.73 Å². The zero-order valence-electron chi connectivity index (χ0n) is 9.73. The minimum atomic E-state index is 0.680. The van der Waals surface area contributed by atoms with E-state index in [0.717, 1.165) is 30.5 Å². The maximum atomic E-state index is 5.62. The second-order valence-electron chi connectivity index (χ2n) is 5.29. The van der Waals surface area contributed by atoms with E-state index in [2.05, 4.69) is 15.0 Å². The van der Waals surface area contributed by atoms with Crippen LogP contribution < -0.4 is 5.73 Å². The summed E-state index contributed by atoms with van der Waals surface area (Å²) < 4.78 is 2.15. The molecule has 0 aliphatic heterocycles. The molecule has 0 atom stereocenters. The summed E-state index contributed by atoms with van der Waals surface area (Å²) in [6, 6.07) is 0. The van der Waals surface area contributed by atoms with Crippen molar-refractivity contribution in [3.8, 4) is 0 Å². The predicted molar refractivity (Wildman–Crippen MR) is 61.9 cm³/mol. The summed E-state index contributed by atoms with van der Waals surface area (Å²) in [5.41, 5.74) is 8.14. The van der Waals surface area contributed by atoms with E-state index in [1.165, 1.54) is 37.8 Å². The maximum Gasteiger partial charge on any atom is 0.0871 e. The van der Waals surface area contributed by atoms with Crippen molar-refractivity contribution in [3.05, 3.63) is 11.4 Å². The van der Waals surface area contributed by atoms with Crippen molar-refractivity contribution >= 4 is 0 Å². The lowest BCUT2D eigenvalue weighted by molar-refractivity contribution is 0.517. The molecule has 2 aliphatic carbocycles. The molecule has 88 valence electrons. The second-order valence-corrected chi connectivity index (χ2v) is 5.29. The topological polar surface area (TPSA) is 56.7 Å². The molecule has 0 saturated heterocycles. The summed E-state index contributed by atoms with van der Waals surface area (Å²) in [7, 11) is 0. The van der Waals surface area contributed by atoms with Gasteiger partial charge in [-0.15, -0.1) is 5.10 Å². The fraction of sp³-hybridized carbons (Fsp3) is 0.833. The summed E-state index contributed by atoms with van der Waals surface area (Å²) >= 11 is 0. The molecule has 0 amide bonds. The molecule has 0 bridgehead atoms. The monoisotopic (exact) mass is 220 g/mol. The first-order chi connectivity index (χ1) is 7.86. The number of nitrogens with zero attached hydrogens (tertiary/aromatic N) is 3. The van der Waals surface area contributed by atoms with E-state index in [0.29, 0.717) is 6.54 Å². The number of rotatable bonds is 6. The second kappa shape index (κ2) is 4.17. The normalized spacial score (nSPS) is 20.3. The molecule has 0 spiro atoms. The van der Waals surface area contributed by atoms with E-state index in [1.807, 2.05) is 0 Å². The van der Waals surface area contributed by atoms with Gasteiger partial charge in [-0.25, -0.2) is 4.68 Å². The van der Waals surface area contributed by atoms with Gasteiger partial charge in [0.15, 0.2) is 0 Å². The molecule has 2 N–H and O–H groups in total. The Bertz CT molecular complexity index is 363. The summed E-state index contributed by atoms with van der Waals surface area (Å²) in [5.74, 6) is 1.76. The van der Waals surface area contributed by atoms with Crippen LogP contribution in [0.2, 0.25) is 0 Å². The van der Waals surface area contributed by atoms with E-state index >= 15 is 0 Å². The summed E-state index contributed by atoms with van der Waals surface area (Å²) in [4.78, 5) is 0. The fourth-order valence-electron chi connectivity index (χ4n) is 2.21. The molecular formula is C12H20N4. The van der Waals surface area contributed by atoms with Crippen LogP contribution in [0.15, 0.2) is 0 Å². The van der Waals surface area contributed by atoms with Crippen LogP contribution in [0.1, 0.15) is 37.1 Å². The van der Waals surface area contributed by atoms with Gasteiger partial charge in [0.05, 0.1) is 11.4 Å². The Hall–Kier alpha value is -0.900. The first-order valence-electron chi connectivity index (χ1n) is 6.48. The third-order valence-corrected chi connectivity index (χ3v) is 3.61. The molecule has 1 aromatic heterocycles. The molecule has 2 aliphatic rings. The van der Waals surface area contributed by atoms with E-state index in [-0.39, 0.29) is 0 Å². The fourth-order valence-corrected chi connectivity index (χ4v) is 2.21. The van der Waals surface area contributed by atoms with Crippen molar-refractivity contribution in [3.63, 3.8) is 0 Å². The van der Waals surface area contributed by atoms with E-state index in [1.54, 1.807) is 0 Å². The molecule has 4 heteroatoms. The van der Waals surface area contributed by atoms with Crippen LogP contribution >= 0.6 is 0 Å². The van der Waals surface area contributed by atoms with Gasteiger partial charge in [0, 0.05) is 13.0 Å². The third kappa shape index (κ3) is 2.26. The van der Waals surface area contributed by atoms with Gasteiger partial charge in [-0.05, 0) is 50.5 Å². The maximum absolute atomic E-state index is 5.62. The highest BCUT2D eigenvalue weighted by Gasteiger charge is 2.28. The Kier molecular flexibility index (Phi) is 2.67. The highest BCUT2D eigenvalue weighted by atomic mass is 15.4. The van der Waals surface area contributed by atoms with Gasteiger partial charge in [-0.2, -0.15) is 0 Å². The van der Waals surface area contributed by atoms with Gasteiger partial charge in [0.25, 0.3) is 0 Å². The van der Waals surface area contributed by atoms with Crippen LogP contribution in [0.25, 0.3) is 0 Å². The molecule has 16 heavy (non-hydrogen) atoms. The Balaban J connectivity index is 1.77. The lowest BCUT2D eigenvalue weighted by atomic mass is 10.1. The molecule has 4 nitrogen and oxygen atoms in total. The number of aromatic nitrogens is 3. The largest absolute Gasteiger partial charge is 0.330 e. The van der Waals surface area contributed by atoms with Gasteiger partial charge in [0.1, 0.15) is 0 Å².